The van der Waals surface area contributed by atoms with Gasteiger partial charge in [-0.15, -0.1) is 0 Å². The summed E-state index contributed by atoms with van der Waals surface area (Å²) in [4.78, 5) is 32.6. The second kappa shape index (κ2) is 8.32. The molecule has 2 aliphatic heterocycles. The lowest BCUT2D eigenvalue weighted by Crippen LogP contribution is -2.51. The molecule has 1 aromatic heterocycles. The number of nitrogens with one attached hydrogen (secondary N) is 1. The predicted molar refractivity (Wildman–Crippen MR) is 96.0 cm³/mol. The van der Waals surface area contributed by atoms with E-state index in [9.17, 15) is 9.59 Å². The number of carbonyl (C=O) groups excluding carboxylic acids is 2. The fourth-order valence-electron chi connectivity index (χ4n) is 3.72. The van der Waals surface area contributed by atoms with E-state index in [-0.39, 0.29) is 11.9 Å². The molecule has 3 rings (SSSR count). The van der Waals surface area contributed by atoms with Crippen molar-refractivity contribution in [2.45, 2.75) is 58.0 Å². The lowest BCUT2D eigenvalue weighted by molar-refractivity contribution is -0.136. The molecule has 6 nitrogen and oxygen atoms in total. The van der Waals surface area contributed by atoms with Gasteiger partial charge in [0.1, 0.15) is 0 Å². The molecule has 1 N–H and O–H groups in total. The summed E-state index contributed by atoms with van der Waals surface area (Å²) in [5, 5.41) is 2.97. The summed E-state index contributed by atoms with van der Waals surface area (Å²) >= 11 is 0. The first-order chi connectivity index (χ1) is 12.2. The molecule has 2 fully saturated rings. The molecule has 0 spiro atoms. The van der Waals surface area contributed by atoms with Gasteiger partial charge in [0.05, 0.1) is 12.2 Å². The summed E-state index contributed by atoms with van der Waals surface area (Å²) in [5.41, 5.74) is 2.12. The van der Waals surface area contributed by atoms with Gasteiger partial charge >= 0.3 is 6.03 Å². The number of urea groups is 1. The van der Waals surface area contributed by atoms with Crippen molar-refractivity contribution in [1.29, 1.82) is 0 Å². The molecular formula is C19H28N4O2. The van der Waals surface area contributed by atoms with Crippen molar-refractivity contribution >= 4 is 11.9 Å². The van der Waals surface area contributed by atoms with Crippen LogP contribution in [-0.2, 0) is 17.8 Å². The van der Waals surface area contributed by atoms with E-state index in [2.05, 4.69) is 17.2 Å². The number of aromatic nitrogens is 1. The number of aryl methyl sites for hydroxylation is 1. The average molecular weight is 344 g/mol. The van der Waals surface area contributed by atoms with Gasteiger partial charge < -0.3 is 15.1 Å². The maximum atomic E-state index is 12.4. The van der Waals surface area contributed by atoms with E-state index in [0.29, 0.717) is 32.1 Å². The van der Waals surface area contributed by atoms with Crippen molar-refractivity contribution in [3.8, 4) is 0 Å². The summed E-state index contributed by atoms with van der Waals surface area (Å²) in [5.74, 6) is 0.288. The van der Waals surface area contributed by atoms with Crippen molar-refractivity contribution in [2.24, 2.45) is 0 Å². The Bertz CT molecular complexity index is 611. The summed E-state index contributed by atoms with van der Waals surface area (Å²) in [6.07, 6.45) is 7.32. The molecule has 0 aliphatic carbocycles. The Hall–Kier alpha value is -2.11. The standard InChI is InChI=1S/C19H28N4O2/c1-2-15-6-9-20-16(13-15)14-21-19(25)22-11-7-17(8-12-22)23-10-4-3-5-18(23)24/h6,9,13,17H,2-5,7-8,10-12,14H2,1H3,(H,21,25). The van der Waals surface area contributed by atoms with E-state index >= 15 is 0 Å². The van der Waals surface area contributed by atoms with E-state index in [1.54, 1.807) is 6.20 Å². The van der Waals surface area contributed by atoms with E-state index < -0.39 is 0 Å². The Labute approximate surface area is 149 Å². The number of piperidine rings is 2. The quantitative estimate of drug-likeness (QED) is 0.912. The van der Waals surface area contributed by atoms with Gasteiger partial charge in [0.2, 0.25) is 5.91 Å². The fraction of sp³-hybridized carbons (Fsp3) is 0.632. The number of hydrogen-bond acceptors (Lipinski definition) is 3. The number of likely N-dealkylation sites (tertiary alicyclic amines) is 2. The number of hydrogen-bond donors (Lipinski definition) is 1. The zero-order chi connectivity index (χ0) is 17.6. The van der Waals surface area contributed by atoms with Crippen molar-refractivity contribution in [3.05, 3.63) is 29.6 Å². The first-order valence-electron chi connectivity index (χ1n) is 9.43. The maximum absolute atomic E-state index is 12.4. The van der Waals surface area contributed by atoms with Crippen LogP contribution in [0.25, 0.3) is 0 Å². The van der Waals surface area contributed by atoms with Gasteiger partial charge in [-0.05, 0) is 49.8 Å². The maximum Gasteiger partial charge on any atom is 0.317 e. The highest BCUT2D eigenvalue weighted by Crippen LogP contribution is 2.21. The van der Waals surface area contributed by atoms with Gasteiger partial charge in [0.15, 0.2) is 0 Å². The third-order valence-corrected chi connectivity index (χ3v) is 5.26. The number of carbonyl (C=O) groups is 2. The first-order valence-corrected chi connectivity index (χ1v) is 9.43. The third kappa shape index (κ3) is 4.50. The Morgan fingerprint density at radius 1 is 1.28 bits per heavy atom. The molecule has 0 bridgehead atoms. The van der Waals surface area contributed by atoms with Crippen LogP contribution in [0.5, 0.6) is 0 Å². The molecule has 3 amide bonds. The van der Waals surface area contributed by atoms with Crippen molar-refractivity contribution in [3.63, 3.8) is 0 Å². The normalized spacial score (nSPS) is 19.2. The first kappa shape index (κ1) is 17.7. The molecule has 2 aliphatic rings. The topological polar surface area (TPSA) is 65.5 Å². The van der Waals surface area contributed by atoms with Gasteiger partial charge in [0.25, 0.3) is 0 Å². The minimum atomic E-state index is -0.0351. The number of amides is 3. The predicted octanol–water partition coefficient (Wildman–Crippen LogP) is 2.33. The fourth-order valence-corrected chi connectivity index (χ4v) is 3.72. The molecule has 0 atom stereocenters. The van der Waals surface area contributed by atoms with Crippen LogP contribution in [0, 0.1) is 0 Å². The number of pyridine rings is 1. The summed E-state index contributed by atoms with van der Waals surface area (Å²) in [6.45, 7) is 4.87. The molecule has 0 radical (unpaired) electrons. The van der Waals surface area contributed by atoms with Crippen molar-refractivity contribution in [1.82, 2.24) is 20.1 Å². The Morgan fingerprint density at radius 3 is 2.80 bits per heavy atom. The lowest BCUT2D eigenvalue weighted by atomic mass is 10.00. The van der Waals surface area contributed by atoms with E-state index in [1.165, 1.54) is 5.56 Å². The average Bonchev–Trinajstić information content (AvgIpc) is 2.67. The van der Waals surface area contributed by atoms with Crippen LogP contribution in [0.3, 0.4) is 0 Å². The summed E-state index contributed by atoms with van der Waals surface area (Å²) in [7, 11) is 0. The SMILES string of the molecule is CCc1ccnc(CNC(=O)N2CCC(N3CCCCC3=O)CC2)c1. The van der Waals surface area contributed by atoms with Crippen molar-refractivity contribution < 1.29 is 9.59 Å². The molecule has 1 aromatic rings. The van der Waals surface area contributed by atoms with Gasteiger partial charge in [0, 0.05) is 38.3 Å². The molecule has 0 saturated carbocycles. The summed E-state index contributed by atoms with van der Waals surface area (Å²) < 4.78 is 0. The number of nitrogens with zero attached hydrogens (tertiary/aromatic N) is 3. The highest BCUT2D eigenvalue weighted by atomic mass is 16.2. The molecule has 6 heteroatoms. The van der Waals surface area contributed by atoms with Crippen LogP contribution in [-0.4, -0.2) is 52.4 Å². The zero-order valence-corrected chi connectivity index (χ0v) is 15.0. The minimum Gasteiger partial charge on any atom is -0.340 e. The highest BCUT2D eigenvalue weighted by molar-refractivity contribution is 5.77. The second-order valence-electron chi connectivity index (χ2n) is 6.93. The van der Waals surface area contributed by atoms with Crippen LogP contribution in [0.4, 0.5) is 4.79 Å². The van der Waals surface area contributed by atoms with Crippen LogP contribution < -0.4 is 5.32 Å². The molecule has 25 heavy (non-hydrogen) atoms. The Morgan fingerprint density at radius 2 is 2.08 bits per heavy atom. The Kier molecular flexibility index (Phi) is 5.89. The number of rotatable bonds is 4. The largest absolute Gasteiger partial charge is 0.340 e. The van der Waals surface area contributed by atoms with E-state index in [4.69, 9.17) is 0 Å². The van der Waals surface area contributed by atoms with Gasteiger partial charge in [-0.2, -0.15) is 0 Å². The van der Waals surface area contributed by atoms with Crippen LogP contribution in [0.15, 0.2) is 18.3 Å². The monoisotopic (exact) mass is 344 g/mol. The van der Waals surface area contributed by atoms with Crippen LogP contribution in [0.1, 0.15) is 50.3 Å². The third-order valence-electron chi connectivity index (χ3n) is 5.26. The van der Waals surface area contributed by atoms with Gasteiger partial charge in [-0.25, -0.2) is 4.79 Å². The highest BCUT2D eigenvalue weighted by Gasteiger charge is 2.30. The lowest BCUT2D eigenvalue weighted by Gasteiger charge is -2.40. The molecule has 3 heterocycles. The van der Waals surface area contributed by atoms with Gasteiger partial charge in [-0.3, -0.25) is 9.78 Å². The van der Waals surface area contributed by atoms with Crippen LogP contribution >= 0.6 is 0 Å². The minimum absolute atomic E-state index is 0.0351. The molecule has 136 valence electrons. The van der Waals surface area contributed by atoms with Crippen molar-refractivity contribution in [2.75, 3.05) is 19.6 Å². The second-order valence-corrected chi connectivity index (χ2v) is 6.93. The Balaban J connectivity index is 1.45. The van der Waals surface area contributed by atoms with E-state index in [0.717, 1.165) is 44.3 Å². The van der Waals surface area contributed by atoms with Crippen LogP contribution in [0.2, 0.25) is 0 Å². The molecule has 2 saturated heterocycles. The smallest absolute Gasteiger partial charge is 0.317 e. The zero-order valence-electron chi connectivity index (χ0n) is 15.0. The molecular weight excluding hydrogens is 316 g/mol. The molecule has 0 aromatic carbocycles. The summed E-state index contributed by atoms with van der Waals surface area (Å²) in [6, 6.07) is 4.30. The molecule has 0 unspecified atom stereocenters. The van der Waals surface area contributed by atoms with Gasteiger partial charge in [-0.1, -0.05) is 6.92 Å². The van der Waals surface area contributed by atoms with E-state index in [1.807, 2.05) is 21.9 Å².